The van der Waals surface area contributed by atoms with Crippen molar-refractivity contribution in [1.29, 1.82) is 0 Å². The minimum absolute atomic E-state index is 0.0421. The number of aromatic nitrogens is 2. The van der Waals surface area contributed by atoms with Crippen LogP contribution in [0, 0.1) is 0 Å². The SMILES string of the molecule is CC(C)N1CCOC(c2nc(Cl)c3c(n2)CCC3)C1. The molecule has 0 aromatic carbocycles. The maximum absolute atomic E-state index is 6.27. The van der Waals surface area contributed by atoms with Crippen molar-refractivity contribution in [3.63, 3.8) is 0 Å². The van der Waals surface area contributed by atoms with Crippen LogP contribution in [0.25, 0.3) is 0 Å². The van der Waals surface area contributed by atoms with E-state index in [1.165, 1.54) is 0 Å². The second-order valence-corrected chi connectivity index (χ2v) is 5.96. The van der Waals surface area contributed by atoms with E-state index < -0.39 is 0 Å². The second kappa shape index (κ2) is 5.35. The van der Waals surface area contributed by atoms with Crippen molar-refractivity contribution in [1.82, 2.24) is 14.9 Å². The van der Waals surface area contributed by atoms with E-state index in [0.717, 1.165) is 56.0 Å². The average molecular weight is 282 g/mol. The van der Waals surface area contributed by atoms with Crippen LogP contribution in [0.4, 0.5) is 0 Å². The number of nitrogens with zero attached hydrogens (tertiary/aromatic N) is 3. The van der Waals surface area contributed by atoms with Crippen molar-refractivity contribution in [2.75, 3.05) is 19.7 Å². The molecule has 1 aromatic rings. The summed E-state index contributed by atoms with van der Waals surface area (Å²) in [7, 11) is 0. The molecule has 1 aliphatic heterocycles. The molecule has 1 aliphatic carbocycles. The zero-order valence-electron chi connectivity index (χ0n) is 11.5. The average Bonchev–Trinajstić information content (AvgIpc) is 2.87. The smallest absolute Gasteiger partial charge is 0.160 e. The predicted octanol–water partition coefficient (Wildman–Crippen LogP) is 2.40. The summed E-state index contributed by atoms with van der Waals surface area (Å²) >= 11 is 6.27. The summed E-state index contributed by atoms with van der Waals surface area (Å²) in [4.78, 5) is 11.6. The molecule has 1 fully saturated rings. The summed E-state index contributed by atoms with van der Waals surface area (Å²) in [5.41, 5.74) is 2.27. The van der Waals surface area contributed by atoms with Crippen LogP contribution in [0.15, 0.2) is 0 Å². The summed E-state index contributed by atoms with van der Waals surface area (Å²) in [6.07, 6.45) is 3.12. The molecule has 19 heavy (non-hydrogen) atoms. The maximum Gasteiger partial charge on any atom is 0.160 e. The number of ether oxygens (including phenoxy) is 1. The van der Waals surface area contributed by atoms with Gasteiger partial charge in [0.1, 0.15) is 11.3 Å². The van der Waals surface area contributed by atoms with E-state index >= 15 is 0 Å². The van der Waals surface area contributed by atoms with Gasteiger partial charge in [-0.3, -0.25) is 4.90 Å². The molecule has 104 valence electrons. The predicted molar refractivity (Wildman–Crippen MR) is 74.5 cm³/mol. The maximum atomic E-state index is 6.27. The summed E-state index contributed by atoms with van der Waals surface area (Å²) in [5, 5.41) is 0.628. The van der Waals surface area contributed by atoms with E-state index in [9.17, 15) is 0 Å². The number of halogens is 1. The van der Waals surface area contributed by atoms with Crippen molar-refractivity contribution in [3.05, 3.63) is 22.2 Å². The Bertz CT molecular complexity index is 478. The minimum atomic E-state index is -0.0421. The Morgan fingerprint density at radius 3 is 2.95 bits per heavy atom. The van der Waals surface area contributed by atoms with Gasteiger partial charge in [-0.25, -0.2) is 9.97 Å². The number of aryl methyl sites for hydroxylation is 1. The second-order valence-electron chi connectivity index (χ2n) is 5.60. The van der Waals surface area contributed by atoms with Crippen LogP contribution < -0.4 is 0 Å². The summed E-state index contributed by atoms with van der Waals surface area (Å²) in [5.74, 6) is 0.760. The molecule has 5 heteroatoms. The van der Waals surface area contributed by atoms with E-state index in [0.29, 0.717) is 11.2 Å². The van der Waals surface area contributed by atoms with Crippen molar-refractivity contribution in [2.24, 2.45) is 0 Å². The van der Waals surface area contributed by atoms with Gasteiger partial charge >= 0.3 is 0 Å². The number of rotatable bonds is 2. The normalized spacial score (nSPS) is 23.9. The van der Waals surface area contributed by atoms with Crippen LogP contribution in [-0.2, 0) is 17.6 Å². The van der Waals surface area contributed by atoms with Crippen LogP contribution in [0.2, 0.25) is 5.15 Å². The standard InChI is InChI=1S/C14H20ClN3O/c1-9(2)18-6-7-19-12(8-18)14-16-11-5-3-4-10(11)13(15)17-14/h9,12H,3-8H2,1-2H3. The van der Waals surface area contributed by atoms with Crippen LogP contribution >= 0.6 is 11.6 Å². The van der Waals surface area contributed by atoms with Gasteiger partial charge in [-0.15, -0.1) is 0 Å². The van der Waals surface area contributed by atoms with Crippen LogP contribution in [0.3, 0.4) is 0 Å². The van der Waals surface area contributed by atoms with Crippen LogP contribution in [-0.4, -0.2) is 40.6 Å². The highest BCUT2D eigenvalue weighted by Gasteiger charge is 2.28. The van der Waals surface area contributed by atoms with E-state index in [1.54, 1.807) is 0 Å². The Morgan fingerprint density at radius 1 is 1.32 bits per heavy atom. The Kier molecular flexibility index (Phi) is 3.74. The van der Waals surface area contributed by atoms with E-state index in [-0.39, 0.29) is 6.10 Å². The van der Waals surface area contributed by atoms with Crippen molar-refractivity contribution >= 4 is 11.6 Å². The Labute approximate surface area is 119 Å². The number of hydrogen-bond acceptors (Lipinski definition) is 4. The first kappa shape index (κ1) is 13.3. The third kappa shape index (κ3) is 2.62. The molecule has 1 atom stereocenters. The molecule has 4 nitrogen and oxygen atoms in total. The lowest BCUT2D eigenvalue weighted by Crippen LogP contribution is -2.42. The fourth-order valence-corrected chi connectivity index (χ4v) is 3.13. The lowest BCUT2D eigenvalue weighted by Gasteiger charge is -2.34. The zero-order chi connectivity index (χ0) is 13.4. The van der Waals surface area contributed by atoms with E-state index in [4.69, 9.17) is 16.3 Å². The molecule has 0 radical (unpaired) electrons. The van der Waals surface area contributed by atoms with E-state index in [1.807, 2.05) is 0 Å². The number of fused-ring (bicyclic) bond motifs is 1. The largest absolute Gasteiger partial charge is 0.368 e. The van der Waals surface area contributed by atoms with Gasteiger partial charge in [-0.05, 0) is 33.1 Å². The van der Waals surface area contributed by atoms with Gasteiger partial charge in [0.05, 0.1) is 6.61 Å². The van der Waals surface area contributed by atoms with Gasteiger partial charge in [0.2, 0.25) is 0 Å². The summed E-state index contributed by atoms with van der Waals surface area (Å²) in [6.45, 7) is 6.98. The molecule has 1 aromatic heterocycles. The molecule has 3 rings (SSSR count). The van der Waals surface area contributed by atoms with Gasteiger partial charge < -0.3 is 4.74 Å². The van der Waals surface area contributed by atoms with Gasteiger partial charge in [0, 0.05) is 30.4 Å². The van der Waals surface area contributed by atoms with Gasteiger partial charge in [-0.2, -0.15) is 0 Å². The number of morpholine rings is 1. The highest BCUT2D eigenvalue weighted by Crippen LogP contribution is 2.29. The molecule has 0 saturated carbocycles. The first-order valence-electron chi connectivity index (χ1n) is 7.06. The molecule has 1 saturated heterocycles. The molecule has 2 aliphatic rings. The highest BCUT2D eigenvalue weighted by atomic mass is 35.5. The van der Waals surface area contributed by atoms with Crippen molar-refractivity contribution < 1.29 is 4.74 Å². The van der Waals surface area contributed by atoms with E-state index in [2.05, 4.69) is 28.7 Å². The van der Waals surface area contributed by atoms with Crippen LogP contribution in [0.1, 0.15) is 43.5 Å². The topological polar surface area (TPSA) is 38.2 Å². The number of hydrogen-bond donors (Lipinski definition) is 0. The first-order valence-corrected chi connectivity index (χ1v) is 7.44. The van der Waals surface area contributed by atoms with Gasteiger partial charge in [-0.1, -0.05) is 11.6 Å². The molecule has 0 N–H and O–H groups in total. The molecule has 0 bridgehead atoms. The molecule has 2 heterocycles. The quantitative estimate of drug-likeness (QED) is 0.780. The fourth-order valence-electron chi connectivity index (χ4n) is 2.84. The van der Waals surface area contributed by atoms with Gasteiger partial charge in [0.25, 0.3) is 0 Å². The monoisotopic (exact) mass is 281 g/mol. The minimum Gasteiger partial charge on any atom is -0.368 e. The Hall–Kier alpha value is -0.710. The summed E-state index contributed by atoms with van der Waals surface area (Å²) < 4.78 is 5.83. The third-order valence-corrected chi connectivity index (χ3v) is 4.33. The lowest BCUT2D eigenvalue weighted by atomic mass is 10.2. The molecule has 1 unspecified atom stereocenters. The van der Waals surface area contributed by atoms with Crippen molar-refractivity contribution in [3.8, 4) is 0 Å². The molecular weight excluding hydrogens is 262 g/mol. The summed E-state index contributed by atoms with van der Waals surface area (Å²) in [6, 6.07) is 0.524. The molecular formula is C14H20ClN3O. The molecule has 0 amide bonds. The third-order valence-electron chi connectivity index (χ3n) is 4.02. The highest BCUT2D eigenvalue weighted by molar-refractivity contribution is 6.30. The molecule has 0 spiro atoms. The fraction of sp³-hybridized carbons (Fsp3) is 0.714. The first-order chi connectivity index (χ1) is 9.15. The van der Waals surface area contributed by atoms with Crippen LogP contribution in [0.5, 0.6) is 0 Å². The Balaban J connectivity index is 1.84. The lowest BCUT2D eigenvalue weighted by molar-refractivity contribution is -0.0443. The van der Waals surface area contributed by atoms with Gasteiger partial charge in [0.15, 0.2) is 5.82 Å². The Morgan fingerprint density at radius 2 is 2.16 bits per heavy atom. The van der Waals surface area contributed by atoms with Crippen molar-refractivity contribution in [2.45, 2.75) is 45.3 Å². The zero-order valence-corrected chi connectivity index (χ0v) is 12.3.